The second-order valence-electron chi connectivity index (χ2n) is 5.29. The van der Waals surface area contributed by atoms with Crippen molar-refractivity contribution in [1.29, 1.82) is 0 Å². The zero-order chi connectivity index (χ0) is 15.0. The molecule has 2 atom stereocenters. The highest BCUT2D eigenvalue weighted by Crippen LogP contribution is 2.36. The molecule has 0 N–H and O–H groups in total. The van der Waals surface area contributed by atoms with E-state index >= 15 is 0 Å². The standard InChI is InChI=1S/C15H17N3O2S/c1-10-11(2)21-8-7-17(10)14-3-4-15(18(19)20)13-9-16-6-5-12(13)14/h3-6,9-11H,7-8H2,1-2H3/t10-,11-/m0/s1. The van der Waals surface area contributed by atoms with Gasteiger partial charge < -0.3 is 4.90 Å². The van der Waals surface area contributed by atoms with Crippen molar-refractivity contribution in [3.8, 4) is 0 Å². The maximum absolute atomic E-state index is 11.2. The molecule has 0 radical (unpaired) electrons. The summed E-state index contributed by atoms with van der Waals surface area (Å²) in [6, 6.07) is 5.75. The van der Waals surface area contributed by atoms with Gasteiger partial charge in [0.25, 0.3) is 5.69 Å². The molecule has 1 aromatic carbocycles. The average molecular weight is 303 g/mol. The molecule has 0 spiro atoms. The first-order valence-corrected chi connectivity index (χ1v) is 8.04. The number of aromatic nitrogens is 1. The summed E-state index contributed by atoms with van der Waals surface area (Å²) in [5.74, 6) is 1.08. The van der Waals surface area contributed by atoms with Crippen molar-refractivity contribution in [2.75, 3.05) is 17.2 Å². The molecule has 0 bridgehead atoms. The van der Waals surface area contributed by atoms with Gasteiger partial charge >= 0.3 is 0 Å². The second-order valence-corrected chi connectivity index (χ2v) is 6.78. The van der Waals surface area contributed by atoms with Crippen LogP contribution in [-0.2, 0) is 0 Å². The number of nitrogens with zero attached hydrogens (tertiary/aromatic N) is 3. The van der Waals surface area contributed by atoms with Crippen molar-refractivity contribution >= 4 is 33.9 Å². The quantitative estimate of drug-likeness (QED) is 0.628. The molecule has 0 amide bonds. The third-order valence-electron chi connectivity index (χ3n) is 4.16. The number of pyridine rings is 1. The monoisotopic (exact) mass is 303 g/mol. The fraction of sp³-hybridized carbons (Fsp3) is 0.400. The Morgan fingerprint density at radius 3 is 2.90 bits per heavy atom. The fourth-order valence-corrected chi connectivity index (χ4v) is 3.94. The van der Waals surface area contributed by atoms with Crippen molar-refractivity contribution in [2.24, 2.45) is 0 Å². The molecule has 2 heterocycles. The molecule has 2 aromatic rings. The summed E-state index contributed by atoms with van der Waals surface area (Å²) < 4.78 is 0. The van der Waals surface area contributed by atoms with E-state index in [9.17, 15) is 10.1 Å². The van der Waals surface area contributed by atoms with E-state index in [1.165, 1.54) is 0 Å². The maximum atomic E-state index is 11.2. The number of fused-ring (bicyclic) bond motifs is 1. The smallest absolute Gasteiger partial charge is 0.278 e. The van der Waals surface area contributed by atoms with Gasteiger partial charge in [-0.1, -0.05) is 6.92 Å². The lowest BCUT2D eigenvalue weighted by Gasteiger charge is -2.39. The zero-order valence-electron chi connectivity index (χ0n) is 12.0. The van der Waals surface area contributed by atoms with Gasteiger partial charge in [0.1, 0.15) is 0 Å². The fourth-order valence-electron chi connectivity index (χ4n) is 2.84. The van der Waals surface area contributed by atoms with Crippen LogP contribution in [0.3, 0.4) is 0 Å². The van der Waals surface area contributed by atoms with Gasteiger partial charge in [-0.3, -0.25) is 15.1 Å². The van der Waals surface area contributed by atoms with Crippen molar-refractivity contribution < 1.29 is 4.92 Å². The minimum atomic E-state index is -0.341. The molecule has 1 aliphatic rings. The number of nitro groups is 1. The van der Waals surface area contributed by atoms with Gasteiger partial charge in [0, 0.05) is 53.1 Å². The van der Waals surface area contributed by atoms with Gasteiger partial charge in [0.15, 0.2) is 0 Å². The van der Waals surface area contributed by atoms with E-state index in [4.69, 9.17) is 0 Å². The first kappa shape index (κ1) is 14.1. The Labute approximate surface area is 127 Å². The van der Waals surface area contributed by atoms with Gasteiger partial charge in [-0.15, -0.1) is 0 Å². The van der Waals surface area contributed by atoms with Crippen LogP contribution < -0.4 is 4.90 Å². The largest absolute Gasteiger partial charge is 0.366 e. The number of hydrogen-bond donors (Lipinski definition) is 0. The number of nitro benzene ring substituents is 1. The molecule has 1 saturated heterocycles. The number of benzene rings is 1. The number of non-ortho nitro benzene ring substituents is 1. The average Bonchev–Trinajstić information content (AvgIpc) is 2.49. The molecule has 1 fully saturated rings. The van der Waals surface area contributed by atoms with E-state index in [1.807, 2.05) is 23.9 Å². The second kappa shape index (κ2) is 5.52. The van der Waals surface area contributed by atoms with E-state index in [1.54, 1.807) is 18.5 Å². The van der Waals surface area contributed by atoms with Crippen LogP contribution in [-0.4, -0.2) is 33.5 Å². The van der Waals surface area contributed by atoms with Crippen LogP contribution in [0.25, 0.3) is 10.8 Å². The molecule has 1 aliphatic heterocycles. The third-order valence-corrected chi connectivity index (χ3v) is 5.50. The van der Waals surface area contributed by atoms with Crippen LogP contribution >= 0.6 is 11.8 Å². The first-order valence-electron chi connectivity index (χ1n) is 6.99. The molecular weight excluding hydrogens is 286 g/mol. The number of rotatable bonds is 2. The molecule has 0 unspecified atom stereocenters. The lowest BCUT2D eigenvalue weighted by atomic mass is 10.1. The number of thioether (sulfide) groups is 1. The predicted molar refractivity (Wildman–Crippen MR) is 87.1 cm³/mol. The molecule has 5 nitrogen and oxygen atoms in total. The van der Waals surface area contributed by atoms with Crippen LogP contribution in [0.4, 0.5) is 11.4 Å². The minimum Gasteiger partial charge on any atom is -0.366 e. The van der Waals surface area contributed by atoms with Crippen LogP contribution in [0.2, 0.25) is 0 Å². The molecule has 3 rings (SSSR count). The topological polar surface area (TPSA) is 59.3 Å². The lowest BCUT2D eigenvalue weighted by Crippen LogP contribution is -2.44. The minimum absolute atomic E-state index is 0.119. The van der Waals surface area contributed by atoms with Crippen LogP contribution in [0.1, 0.15) is 13.8 Å². The molecule has 0 saturated carbocycles. The summed E-state index contributed by atoms with van der Waals surface area (Å²) >= 11 is 1.98. The molecule has 0 aliphatic carbocycles. The summed E-state index contributed by atoms with van der Waals surface area (Å²) in [6.07, 6.45) is 3.28. The molecule has 110 valence electrons. The van der Waals surface area contributed by atoms with E-state index in [2.05, 4.69) is 23.7 Å². The van der Waals surface area contributed by atoms with E-state index in [0.29, 0.717) is 16.7 Å². The van der Waals surface area contributed by atoms with Crippen molar-refractivity contribution in [2.45, 2.75) is 25.1 Å². The Hall–Kier alpha value is -1.82. The van der Waals surface area contributed by atoms with Crippen LogP contribution in [0.15, 0.2) is 30.6 Å². The van der Waals surface area contributed by atoms with Gasteiger partial charge in [0.05, 0.1) is 10.3 Å². The van der Waals surface area contributed by atoms with Crippen LogP contribution in [0.5, 0.6) is 0 Å². The summed E-state index contributed by atoms with van der Waals surface area (Å²) in [6.45, 7) is 5.41. The van der Waals surface area contributed by atoms with E-state index in [0.717, 1.165) is 23.4 Å². The Morgan fingerprint density at radius 2 is 2.14 bits per heavy atom. The third kappa shape index (κ3) is 2.44. The van der Waals surface area contributed by atoms with Gasteiger partial charge in [-0.05, 0) is 19.1 Å². The SMILES string of the molecule is C[C@@H]1SCCN(c2ccc([N+](=O)[O-])c3cnccc23)[C@H]1C. The van der Waals surface area contributed by atoms with Crippen molar-refractivity contribution in [3.05, 3.63) is 40.7 Å². The summed E-state index contributed by atoms with van der Waals surface area (Å²) in [5, 5.41) is 13.2. The maximum Gasteiger partial charge on any atom is 0.278 e. The van der Waals surface area contributed by atoms with Crippen molar-refractivity contribution in [3.63, 3.8) is 0 Å². The van der Waals surface area contributed by atoms with Gasteiger partial charge in [-0.25, -0.2) is 0 Å². The Bertz CT molecular complexity index is 692. The Balaban J connectivity index is 2.16. The normalized spacial score (nSPS) is 22.5. The van der Waals surface area contributed by atoms with Gasteiger partial charge in [-0.2, -0.15) is 11.8 Å². The molecule has 21 heavy (non-hydrogen) atoms. The summed E-state index contributed by atoms with van der Waals surface area (Å²) in [4.78, 5) is 17.2. The molecular formula is C15H17N3O2S. The number of anilines is 1. The molecule has 1 aromatic heterocycles. The first-order chi connectivity index (χ1) is 10.1. The highest BCUT2D eigenvalue weighted by molar-refractivity contribution is 8.00. The zero-order valence-corrected chi connectivity index (χ0v) is 12.8. The highest BCUT2D eigenvalue weighted by atomic mass is 32.2. The summed E-state index contributed by atoms with van der Waals surface area (Å²) in [5.41, 5.74) is 1.19. The predicted octanol–water partition coefficient (Wildman–Crippen LogP) is 3.47. The van der Waals surface area contributed by atoms with Crippen LogP contribution in [0, 0.1) is 10.1 Å². The number of hydrogen-bond acceptors (Lipinski definition) is 5. The Morgan fingerprint density at radius 1 is 1.33 bits per heavy atom. The lowest BCUT2D eigenvalue weighted by molar-refractivity contribution is -0.383. The Kier molecular flexibility index (Phi) is 3.71. The summed E-state index contributed by atoms with van der Waals surface area (Å²) in [7, 11) is 0. The van der Waals surface area contributed by atoms with E-state index < -0.39 is 0 Å². The van der Waals surface area contributed by atoms with Gasteiger partial charge in [0.2, 0.25) is 0 Å². The van der Waals surface area contributed by atoms with E-state index in [-0.39, 0.29) is 10.6 Å². The molecule has 6 heteroatoms. The van der Waals surface area contributed by atoms with Crippen molar-refractivity contribution in [1.82, 2.24) is 4.98 Å². The highest BCUT2D eigenvalue weighted by Gasteiger charge is 2.27.